The fourth-order valence-electron chi connectivity index (χ4n) is 2.90. The van der Waals surface area contributed by atoms with Gasteiger partial charge in [0.15, 0.2) is 17.3 Å². The molecule has 0 saturated carbocycles. The van der Waals surface area contributed by atoms with Crippen LogP contribution in [0.15, 0.2) is 17.9 Å². The zero-order chi connectivity index (χ0) is 17.6. The number of esters is 2. The minimum absolute atomic E-state index is 0.0115. The van der Waals surface area contributed by atoms with Crippen molar-refractivity contribution in [1.29, 1.82) is 0 Å². The van der Waals surface area contributed by atoms with Gasteiger partial charge in [-0.05, 0) is 18.6 Å². The Morgan fingerprint density at radius 3 is 2.58 bits per heavy atom. The molecule has 3 rings (SSSR count). The van der Waals surface area contributed by atoms with Gasteiger partial charge in [0, 0.05) is 25.0 Å². The quantitative estimate of drug-likeness (QED) is 0.600. The highest BCUT2D eigenvalue weighted by Gasteiger charge is 2.37. The molecule has 2 aliphatic rings. The van der Waals surface area contributed by atoms with Crippen LogP contribution in [-0.2, 0) is 20.7 Å². The van der Waals surface area contributed by atoms with Crippen LogP contribution in [0.2, 0.25) is 0 Å². The third-order valence-corrected chi connectivity index (χ3v) is 3.83. The maximum Gasteiger partial charge on any atom is 0.342 e. The third-order valence-electron chi connectivity index (χ3n) is 3.83. The summed E-state index contributed by atoms with van der Waals surface area (Å²) in [4.78, 5) is 48.6. The normalized spacial score (nSPS) is 19.0. The molecule has 0 aromatic heterocycles. The number of methoxy groups -OCH3 is 1. The van der Waals surface area contributed by atoms with E-state index in [1.54, 1.807) is 6.92 Å². The van der Waals surface area contributed by atoms with Crippen molar-refractivity contribution in [2.24, 2.45) is 0 Å². The summed E-state index contributed by atoms with van der Waals surface area (Å²) < 4.78 is 15.2. The minimum atomic E-state index is -0.709. The first-order valence-electron chi connectivity index (χ1n) is 7.27. The van der Waals surface area contributed by atoms with E-state index in [2.05, 4.69) is 0 Å². The van der Waals surface area contributed by atoms with Gasteiger partial charge < -0.3 is 14.2 Å². The second kappa shape index (κ2) is 5.59. The topological polar surface area (TPSA) is 96.0 Å². The molecule has 1 aliphatic carbocycles. The zero-order valence-electron chi connectivity index (χ0n) is 13.3. The summed E-state index contributed by atoms with van der Waals surface area (Å²) in [5, 5.41) is 0. The number of carbonyl (C=O) groups excluding carboxylic acids is 4. The van der Waals surface area contributed by atoms with Crippen LogP contribution >= 0.6 is 0 Å². The van der Waals surface area contributed by atoms with Gasteiger partial charge in [0.25, 0.3) is 0 Å². The lowest BCUT2D eigenvalue weighted by Gasteiger charge is -2.26. The van der Waals surface area contributed by atoms with Crippen LogP contribution in [0.5, 0.6) is 5.75 Å². The molecule has 0 spiro atoms. The number of Topliss-reactive ketones (excluding diaryl/α,β-unsaturated/α-hetero) is 1. The summed E-state index contributed by atoms with van der Waals surface area (Å²) in [6.07, 6.45) is 0.969. The number of fused-ring (bicyclic) bond motifs is 2. The highest BCUT2D eigenvalue weighted by molar-refractivity contribution is 6.26. The van der Waals surface area contributed by atoms with Crippen LogP contribution in [0.1, 0.15) is 50.5 Å². The Labute approximate surface area is 137 Å². The number of allylic oxidation sites excluding steroid dienone is 2. The van der Waals surface area contributed by atoms with Crippen molar-refractivity contribution in [1.82, 2.24) is 0 Å². The van der Waals surface area contributed by atoms with Crippen molar-refractivity contribution in [3.05, 3.63) is 40.2 Å². The molecule has 1 aliphatic heterocycles. The minimum Gasteiger partial charge on any atom is -0.492 e. The average Bonchev–Trinajstić information content (AvgIpc) is 2.49. The van der Waals surface area contributed by atoms with Crippen molar-refractivity contribution in [3.8, 4) is 5.75 Å². The van der Waals surface area contributed by atoms with Crippen LogP contribution in [-0.4, -0.2) is 36.7 Å². The Kier molecular flexibility index (Phi) is 3.71. The van der Waals surface area contributed by atoms with Crippen molar-refractivity contribution in [3.63, 3.8) is 0 Å². The second-order valence-corrected chi connectivity index (χ2v) is 5.58. The summed E-state index contributed by atoms with van der Waals surface area (Å²) in [5.74, 6) is -2.81. The predicted octanol–water partition coefficient (Wildman–Crippen LogP) is 1.62. The van der Waals surface area contributed by atoms with Crippen molar-refractivity contribution < 1.29 is 33.4 Å². The number of ketones is 2. The van der Waals surface area contributed by atoms with Crippen LogP contribution in [0, 0.1) is 0 Å². The maximum atomic E-state index is 12.5. The van der Waals surface area contributed by atoms with Gasteiger partial charge in [0.1, 0.15) is 11.7 Å². The molecule has 0 fully saturated rings. The molecule has 1 unspecified atom stereocenters. The lowest BCUT2D eigenvalue weighted by Crippen LogP contribution is -2.29. The lowest BCUT2D eigenvalue weighted by molar-refractivity contribution is -0.131. The number of hydrogen-bond donors (Lipinski definition) is 0. The Morgan fingerprint density at radius 2 is 1.96 bits per heavy atom. The second-order valence-electron chi connectivity index (χ2n) is 5.58. The number of carbonyl (C=O) groups is 4. The van der Waals surface area contributed by atoms with E-state index in [0.29, 0.717) is 12.0 Å². The molecule has 0 bridgehead atoms. The van der Waals surface area contributed by atoms with E-state index in [1.807, 2.05) is 0 Å². The molecule has 24 heavy (non-hydrogen) atoms. The molecular weight excluding hydrogens is 316 g/mol. The average molecular weight is 330 g/mol. The number of ether oxygens (including phenoxy) is 3. The first-order chi connectivity index (χ1) is 11.3. The van der Waals surface area contributed by atoms with E-state index in [0.717, 1.165) is 13.0 Å². The molecule has 7 heteroatoms. The molecule has 0 N–H and O–H groups in total. The molecule has 1 aromatic rings. The van der Waals surface area contributed by atoms with Gasteiger partial charge in [-0.15, -0.1) is 0 Å². The van der Waals surface area contributed by atoms with Crippen LogP contribution in [0.25, 0.3) is 0 Å². The van der Waals surface area contributed by atoms with Gasteiger partial charge in [-0.3, -0.25) is 14.4 Å². The Morgan fingerprint density at radius 1 is 1.25 bits per heavy atom. The highest BCUT2D eigenvalue weighted by Crippen LogP contribution is 2.38. The van der Waals surface area contributed by atoms with Crippen molar-refractivity contribution in [2.75, 3.05) is 7.11 Å². The third kappa shape index (κ3) is 2.38. The van der Waals surface area contributed by atoms with Crippen molar-refractivity contribution in [2.45, 2.75) is 26.4 Å². The van der Waals surface area contributed by atoms with Gasteiger partial charge in [0.05, 0.1) is 12.7 Å². The molecule has 1 heterocycles. The van der Waals surface area contributed by atoms with E-state index < -0.39 is 23.5 Å². The van der Waals surface area contributed by atoms with Crippen LogP contribution in [0.3, 0.4) is 0 Å². The monoisotopic (exact) mass is 330 g/mol. The standard InChI is InChI=1S/C17H14O7/c1-7-4-9-5-10-14(11(19)6-12(22-3)15(10)20)16(24-8(2)18)13(9)17(21)23-7/h5-7H,4H2,1-3H3. The van der Waals surface area contributed by atoms with Gasteiger partial charge in [0.2, 0.25) is 5.78 Å². The fourth-order valence-corrected chi connectivity index (χ4v) is 2.90. The Bertz CT molecular complexity index is 832. The van der Waals surface area contributed by atoms with E-state index in [4.69, 9.17) is 14.2 Å². The van der Waals surface area contributed by atoms with Gasteiger partial charge in [-0.25, -0.2) is 4.79 Å². The summed E-state index contributed by atoms with van der Waals surface area (Å²) in [6.45, 7) is 2.85. The van der Waals surface area contributed by atoms with E-state index in [9.17, 15) is 19.2 Å². The lowest BCUT2D eigenvalue weighted by atomic mass is 9.85. The van der Waals surface area contributed by atoms with Gasteiger partial charge in [-0.1, -0.05) is 0 Å². The first kappa shape index (κ1) is 15.9. The summed E-state index contributed by atoms with van der Waals surface area (Å²) in [6, 6.07) is 1.47. The van der Waals surface area contributed by atoms with E-state index in [1.165, 1.54) is 13.2 Å². The SMILES string of the molecule is COC1=CC(=O)c2c(cc3c(c2OC(C)=O)C(=O)OC(C)C3)C1=O. The van der Waals surface area contributed by atoms with E-state index in [-0.39, 0.29) is 34.3 Å². The predicted molar refractivity (Wildman–Crippen MR) is 80.1 cm³/mol. The van der Waals surface area contributed by atoms with Crippen LogP contribution in [0.4, 0.5) is 0 Å². The fraction of sp³-hybridized carbons (Fsp3) is 0.294. The summed E-state index contributed by atoms with van der Waals surface area (Å²) in [5.41, 5.74) is 0.433. The number of rotatable bonds is 2. The Hall–Kier alpha value is -2.96. The number of benzene rings is 1. The molecule has 0 radical (unpaired) electrons. The molecule has 1 aromatic carbocycles. The highest BCUT2D eigenvalue weighted by atomic mass is 16.6. The smallest absolute Gasteiger partial charge is 0.342 e. The summed E-state index contributed by atoms with van der Waals surface area (Å²) >= 11 is 0. The molecule has 0 saturated heterocycles. The maximum absolute atomic E-state index is 12.5. The van der Waals surface area contributed by atoms with Crippen LogP contribution < -0.4 is 4.74 Å². The van der Waals surface area contributed by atoms with E-state index >= 15 is 0 Å². The number of cyclic esters (lactones) is 1. The molecule has 124 valence electrons. The van der Waals surface area contributed by atoms with Crippen molar-refractivity contribution >= 4 is 23.5 Å². The molecule has 1 atom stereocenters. The molecule has 7 nitrogen and oxygen atoms in total. The molecular formula is C17H14O7. The Balaban J connectivity index is 2.32. The first-order valence-corrected chi connectivity index (χ1v) is 7.27. The van der Waals surface area contributed by atoms with Gasteiger partial charge >= 0.3 is 11.9 Å². The zero-order valence-corrected chi connectivity index (χ0v) is 13.3. The molecule has 0 amide bonds. The largest absolute Gasteiger partial charge is 0.492 e. The number of hydrogen-bond acceptors (Lipinski definition) is 7. The summed E-state index contributed by atoms with van der Waals surface area (Å²) in [7, 11) is 1.28. The van der Waals surface area contributed by atoms with Gasteiger partial charge in [-0.2, -0.15) is 0 Å².